The fraction of sp³-hybridized carbons (Fsp3) is 0.353. The molecule has 130 valence electrons. The second kappa shape index (κ2) is 6.21. The highest BCUT2D eigenvalue weighted by atomic mass is 16.5. The number of carbonyl (C=O) groups excluding carboxylic acids is 1. The van der Waals surface area contributed by atoms with Gasteiger partial charge in [0, 0.05) is 7.05 Å². The predicted octanol–water partition coefficient (Wildman–Crippen LogP) is 1.18. The molecule has 3 aromatic rings. The second-order valence-electron chi connectivity index (χ2n) is 6.15. The number of aromatic amines is 1. The van der Waals surface area contributed by atoms with Crippen LogP contribution in [-0.2, 0) is 11.8 Å². The van der Waals surface area contributed by atoms with Gasteiger partial charge in [0.25, 0.3) is 5.91 Å². The van der Waals surface area contributed by atoms with E-state index >= 15 is 0 Å². The number of H-pyrrole nitrogens is 1. The minimum absolute atomic E-state index is 0.188. The van der Waals surface area contributed by atoms with Gasteiger partial charge in [0.15, 0.2) is 5.75 Å². The molecular formula is C17H19N5O3. The molecule has 0 spiro atoms. The number of nitrogens with one attached hydrogen (secondary N) is 2. The van der Waals surface area contributed by atoms with Crippen LogP contribution in [0.1, 0.15) is 16.2 Å². The van der Waals surface area contributed by atoms with Crippen LogP contribution >= 0.6 is 0 Å². The number of aryl methyl sites for hydroxylation is 2. The van der Waals surface area contributed by atoms with Gasteiger partial charge < -0.3 is 19.8 Å². The molecule has 1 aliphatic heterocycles. The quantitative estimate of drug-likeness (QED) is 0.743. The Hall–Kier alpha value is -2.87. The van der Waals surface area contributed by atoms with E-state index in [9.17, 15) is 4.79 Å². The van der Waals surface area contributed by atoms with Gasteiger partial charge in [0.2, 0.25) is 0 Å². The van der Waals surface area contributed by atoms with E-state index in [4.69, 9.17) is 9.47 Å². The van der Waals surface area contributed by atoms with E-state index in [0.717, 1.165) is 11.3 Å². The summed E-state index contributed by atoms with van der Waals surface area (Å²) in [7, 11) is 1.82. The third-order valence-corrected chi connectivity index (χ3v) is 4.19. The standard InChI is InChI=1S/C17H19N5O3/c1-10-19-13-5-3-4-12(16(13)20-10)17(23)21-14-8-24-9-15(14)25-11-6-18-22(2)7-11/h3-7,14-15H,8-9H2,1-2H3,(H,19,20)(H,21,23)/t14-,15+/m0/s1. The van der Waals surface area contributed by atoms with Crippen LogP contribution in [0.3, 0.4) is 0 Å². The minimum atomic E-state index is -0.256. The fourth-order valence-corrected chi connectivity index (χ4v) is 3.00. The van der Waals surface area contributed by atoms with Crippen LogP contribution in [0, 0.1) is 6.92 Å². The number of hydrogen-bond acceptors (Lipinski definition) is 5. The van der Waals surface area contributed by atoms with Crippen molar-refractivity contribution in [1.29, 1.82) is 0 Å². The lowest BCUT2D eigenvalue weighted by Crippen LogP contribution is -2.45. The van der Waals surface area contributed by atoms with Crippen molar-refractivity contribution in [2.45, 2.75) is 19.1 Å². The SMILES string of the molecule is Cc1nc2c(C(=O)N[C@H]3COC[C@H]3Oc3cnn(C)c3)cccc2[nH]1. The van der Waals surface area contributed by atoms with Crippen molar-refractivity contribution in [3.63, 3.8) is 0 Å². The molecule has 0 saturated carbocycles. The molecule has 4 rings (SSSR count). The number of rotatable bonds is 4. The molecule has 8 heteroatoms. The molecule has 3 heterocycles. The lowest BCUT2D eigenvalue weighted by atomic mass is 10.1. The fourth-order valence-electron chi connectivity index (χ4n) is 3.00. The Bertz CT molecular complexity index is 916. The average molecular weight is 341 g/mol. The summed E-state index contributed by atoms with van der Waals surface area (Å²) in [6, 6.07) is 5.27. The minimum Gasteiger partial charge on any atom is -0.482 e. The predicted molar refractivity (Wildman–Crippen MR) is 90.5 cm³/mol. The van der Waals surface area contributed by atoms with Gasteiger partial charge in [-0.2, -0.15) is 5.10 Å². The molecule has 1 saturated heterocycles. The number of hydrogen-bond donors (Lipinski definition) is 2. The molecular weight excluding hydrogens is 322 g/mol. The van der Waals surface area contributed by atoms with Gasteiger partial charge in [-0.3, -0.25) is 9.48 Å². The Balaban J connectivity index is 1.51. The molecule has 1 aliphatic rings. The summed E-state index contributed by atoms with van der Waals surface area (Å²) in [5, 5.41) is 7.08. The summed E-state index contributed by atoms with van der Waals surface area (Å²) in [5.74, 6) is 1.24. The lowest BCUT2D eigenvalue weighted by Gasteiger charge is -2.19. The monoisotopic (exact) mass is 341 g/mol. The number of ether oxygens (including phenoxy) is 2. The zero-order valence-corrected chi connectivity index (χ0v) is 14.0. The first-order valence-electron chi connectivity index (χ1n) is 8.09. The topological polar surface area (TPSA) is 94.1 Å². The first-order chi connectivity index (χ1) is 12.1. The average Bonchev–Trinajstić information content (AvgIpc) is 3.27. The number of carbonyl (C=O) groups is 1. The molecule has 1 amide bonds. The molecule has 2 atom stereocenters. The van der Waals surface area contributed by atoms with Gasteiger partial charge in [0.05, 0.1) is 42.7 Å². The highest BCUT2D eigenvalue weighted by Crippen LogP contribution is 2.19. The van der Waals surface area contributed by atoms with Crippen molar-refractivity contribution >= 4 is 16.9 Å². The smallest absolute Gasteiger partial charge is 0.253 e. The van der Waals surface area contributed by atoms with E-state index in [2.05, 4.69) is 20.4 Å². The maximum Gasteiger partial charge on any atom is 0.253 e. The van der Waals surface area contributed by atoms with Crippen LogP contribution in [0.2, 0.25) is 0 Å². The molecule has 1 fully saturated rings. The van der Waals surface area contributed by atoms with Crippen molar-refractivity contribution in [2.24, 2.45) is 7.05 Å². The third kappa shape index (κ3) is 3.08. The van der Waals surface area contributed by atoms with E-state index in [1.165, 1.54) is 0 Å². The van der Waals surface area contributed by atoms with Gasteiger partial charge in [0.1, 0.15) is 17.4 Å². The maximum atomic E-state index is 12.7. The van der Waals surface area contributed by atoms with Gasteiger partial charge in [-0.05, 0) is 19.1 Å². The van der Waals surface area contributed by atoms with Crippen LogP contribution in [0.15, 0.2) is 30.6 Å². The van der Waals surface area contributed by atoms with Crippen LogP contribution in [0.25, 0.3) is 11.0 Å². The van der Waals surface area contributed by atoms with Gasteiger partial charge in [-0.1, -0.05) is 6.07 Å². The van der Waals surface area contributed by atoms with E-state index in [-0.39, 0.29) is 18.1 Å². The lowest BCUT2D eigenvalue weighted by molar-refractivity contribution is 0.0905. The molecule has 25 heavy (non-hydrogen) atoms. The summed E-state index contributed by atoms with van der Waals surface area (Å²) in [4.78, 5) is 20.3. The summed E-state index contributed by atoms with van der Waals surface area (Å²) in [6.07, 6.45) is 3.17. The number of nitrogens with zero attached hydrogens (tertiary/aromatic N) is 3. The Labute approximate surface area is 144 Å². The van der Waals surface area contributed by atoms with Gasteiger partial charge >= 0.3 is 0 Å². The largest absolute Gasteiger partial charge is 0.482 e. The number of benzene rings is 1. The first kappa shape index (κ1) is 15.6. The van der Waals surface area contributed by atoms with Crippen LogP contribution < -0.4 is 10.1 Å². The highest BCUT2D eigenvalue weighted by Gasteiger charge is 2.32. The zero-order chi connectivity index (χ0) is 17.4. The van der Waals surface area contributed by atoms with Crippen molar-refractivity contribution < 1.29 is 14.3 Å². The van der Waals surface area contributed by atoms with Crippen LogP contribution in [0.5, 0.6) is 5.75 Å². The van der Waals surface area contributed by atoms with Gasteiger partial charge in [-0.25, -0.2) is 4.98 Å². The second-order valence-corrected chi connectivity index (χ2v) is 6.15. The molecule has 0 bridgehead atoms. The molecule has 8 nitrogen and oxygen atoms in total. The number of amides is 1. The number of imidazole rings is 1. The molecule has 2 N–H and O–H groups in total. The summed E-state index contributed by atoms with van der Waals surface area (Å²) in [6.45, 7) is 2.70. The number of aromatic nitrogens is 4. The molecule has 1 aromatic carbocycles. The summed E-state index contributed by atoms with van der Waals surface area (Å²) >= 11 is 0. The van der Waals surface area contributed by atoms with E-state index in [1.54, 1.807) is 23.1 Å². The molecule has 0 radical (unpaired) electrons. The Kier molecular flexibility index (Phi) is 3.89. The zero-order valence-electron chi connectivity index (χ0n) is 14.0. The summed E-state index contributed by atoms with van der Waals surface area (Å²) in [5.41, 5.74) is 2.05. The molecule has 0 unspecified atom stereocenters. The van der Waals surface area contributed by atoms with E-state index in [1.807, 2.05) is 26.1 Å². The van der Waals surface area contributed by atoms with Gasteiger partial charge in [-0.15, -0.1) is 0 Å². The highest BCUT2D eigenvalue weighted by molar-refractivity contribution is 6.05. The third-order valence-electron chi connectivity index (χ3n) is 4.19. The maximum absolute atomic E-state index is 12.7. The van der Waals surface area contributed by atoms with Crippen LogP contribution in [-0.4, -0.2) is 51.0 Å². The number of para-hydroxylation sites is 1. The molecule has 0 aliphatic carbocycles. The van der Waals surface area contributed by atoms with E-state index < -0.39 is 0 Å². The van der Waals surface area contributed by atoms with Crippen molar-refractivity contribution in [2.75, 3.05) is 13.2 Å². The summed E-state index contributed by atoms with van der Waals surface area (Å²) < 4.78 is 13.0. The van der Waals surface area contributed by atoms with Crippen molar-refractivity contribution in [1.82, 2.24) is 25.1 Å². The normalized spacial score (nSPS) is 20.1. The Morgan fingerprint density at radius 3 is 3.12 bits per heavy atom. The van der Waals surface area contributed by atoms with Crippen molar-refractivity contribution in [3.8, 4) is 5.75 Å². The molecule has 2 aromatic heterocycles. The number of fused-ring (bicyclic) bond motifs is 1. The Morgan fingerprint density at radius 1 is 1.44 bits per heavy atom. The Morgan fingerprint density at radius 2 is 2.32 bits per heavy atom. The van der Waals surface area contributed by atoms with E-state index in [0.29, 0.717) is 30.0 Å². The van der Waals surface area contributed by atoms with Crippen molar-refractivity contribution in [3.05, 3.63) is 42.0 Å². The first-order valence-corrected chi connectivity index (χ1v) is 8.09. The van der Waals surface area contributed by atoms with Crippen LogP contribution in [0.4, 0.5) is 0 Å².